The number of fused-ring (bicyclic) bond motifs is 8. The van der Waals surface area contributed by atoms with E-state index in [-0.39, 0.29) is 0 Å². The van der Waals surface area contributed by atoms with Crippen molar-refractivity contribution < 1.29 is 4.42 Å². The Morgan fingerprint density at radius 1 is 0.889 bits per heavy atom. The van der Waals surface area contributed by atoms with Crippen LogP contribution in [-0.2, 0) is 0 Å². The monoisotopic (exact) mass is 482 g/mol. The summed E-state index contributed by atoms with van der Waals surface area (Å²) in [5.41, 5.74) is 7.93. The first-order valence-electron chi connectivity index (χ1n) is 12.4. The van der Waals surface area contributed by atoms with Gasteiger partial charge in [-0.1, -0.05) is 67.6 Å². The molecular formula is C32H22N2OS. The van der Waals surface area contributed by atoms with E-state index in [4.69, 9.17) is 9.40 Å². The molecule has 8 rings (SSSR count). The van der Waals surface area contributed by atoms with Gasteiger partial charge in [0.2, 0.25) is 0 Å². The number of rotatable bonds is 2. The summed E-state index contributed by atoms with van der Waals surface area (Å²) in [4.78, 5) is 5.03. The Balaban J connectivity index is 1.46. The van der Waals surface area contributed by atoms with E-state index in [1.54, 1.807) is 11.3 Å². The van der Waals surface area contributed by atoms with Gasteiger partial charge in [0, 0.05) is 38.9 Å². The molecule has 4 heteroatoms. The molecule has 0 N–H and O–H groups in total. The van der Waals surface area contributed by atoms with Gasteiger partial charge in [-0.2, -0.15) is 0 Å². The number of allylic oxidation sites excluding steroid dienone is 1. The van der Waals surface area contributed by atoms with Crippen LogP contribution in [0.5, 0.6) is 0 Å². The number of hydrogen-bond donors (Lipinski definition) is 0. The Morgan fingerprint density at radius 3 is 2.67 bits per heavy atom. The van der Waals surface area contributed by atoms with E-state index in [2.05, 4.69) is 103 Å². The molecule has 0 spiro atoms. The largest absolute Gasteiger partial charge is 0.460 e. The molecule has 1 atom stereocenters. The van der Waals surface area contributed by atoms with Crippen molar-refractivity contribution in [2.75, 3.05) is 0 Å². The summed E-state index contributed by atoms with van der Waals surface area (Å²) in [6, 6.07) is 30.2. The molecule has 0 amide bonds. The molecule has 1 unspecified atom stereocenters. The fraction of sp³-hybridized carbons (Fsp3) is 0.0938. The van der Waals surface area contributed by atoms with Crippen LogP contribution in [0.25, 0.3) is 65.3 Å². The zero-order valence-corrected chi connectivity index (χ0v) is 20.5. The summed E-state index contributed by atoms with van der Waals surface area (Å²) < 4.78 is 9.93. The molecule has 3 aromatic heterocycles. The summed E-state index contributed by atoms with van der Waals surface area (Å²) in [5.74, 6) is 1.51. The SMILES string of the molecule is CC1CC=Cc2c1oc1ccc(-n3c4ccccc4c4ccc5nc(-c6ccccc6)sc5c43)cc21. The van der Waals surface area contributed by atoms with Crippen LogP contribution in [-0.4, -0.2) is 9.55 Å². The third-order valence-electron chi connectivity index (χ3n) is 7.43. The molecule has 0 saturated heterocycles. The van der Waals surface area contributed by atoms with Crippen molar-refractivity contribution in [1.82, 2.24) is 9.55 Å². The number of aromatic nitrogens is 2. The standard InChI is InChI=1S/C32H22N2OS/c1-19-8-7-12-24-25-18-21(14-17-28(25)35-30(19)24)34-27-13-6-5-11-22(27)23-15-16-26-31(29(23)34)36-32(33-26)20-9-3-2-4-10-20/h2-7,9-19H,8H2,1H3. The minimum Gasteiger partial charge on any atom is -0.460 e. The summed E-state index contributed by atoms with van der Waals surface area (Å²) in [6.07, 6.45) is 5.52. The molecule has 3 heterocycles. The van der Waals surface area contributed by atoms with Gasteiger partial charge >= 0.3 is 0 Å². The third-order valence-corrected chi connectivity index (χ3v) is 8.56. The molecular weight excluding hydrogens is 460 g/mol. The zero-order valence-electron chi connectivity index (χ0n) is 19.7. The molecule has 1 aliphatic carbocycles. The van der Waals surface area contributed by atoms with E-state index in [1.807, 2.05) is 6.07 Å². The molecule has 0 radical (unpaired) electrons. The highest BCUT2D eigenvalue weighted by Gasteiger charge is 2.22. The van der Waals surface area contributed by atoms with Gasteiger partial charge < -0.3 is 8.98 Å². The van der Waals surface area contributed by atoms with Gasteiger partial charge in [0.15, 0.2) is 0 Å². The molecule has 0 saturated carbocycles. The van der Waals surface area contributed by atoms with E-state index in [1.165, 1.54) is 37.5 Å². The number of nitrogens with zero attached hydrogens (tertiary/aromatic N) is 2. The van der Waals surface area contributed by atoms with Gasteiger partial charge in [-0.15, -0.1) is 11.3 Å². The van der Waals surface area contributed by atoms with E-state index in [9.17, 15) is 0 Å². The molecule has 1 aliphatic rings. The van der Waals surface area contributed by atoms with Crippen molar-refractivity contribution in [3.63, 3.8) is 0 Å². The highest BCUT2D eigenvalue weighted by atomic mass is 32.1. The van der Waals surface area contributed by atoms with Crippen LogP contribution < -0.4 is 0 Å². The van der Waals surface area contributed by atoms with Crippen molar-refractivity contribution in [3.8, 4) is 16.3 Å². The lowest BCUT2D eigenvalue weighted by Crippen LogP contribution is -1.96. The van der Waals surface area contributed by atoms with Crippen molar-refractivity contribution in [2.24, 2.45) is 0 Å². The van der Waals surface area contributed by atoms with Gasteiger partial charge in [0.05, 0.1) is 21.3 Å². The van der Waals surface area contributed by atoms with Gasteiger partial charge in [0.25, 0.3) is 0 Å². The number of benzene rings is 4. The Hall–Kier alpha value is -4.15. The average Bonchev–Trinajstić information content (AvgIpc) is 3.61. The van der Waals surface area contributed by atoms with Crippen LogP contribution in [0, 0.1) is 0 Å². The van der Waals surface area contributed by atoms with E-state index < -0.39 is 0 Å². The molecule has 0 aliphatic heterocycles. The van der Waals surface area contributed by atoms with Crippen molar-refractivity contribution in [1.29, 1.82) is 0 Å². The maximum atomic E-state index is 6.30. The lowest BCUT2D eigenvalue weighted by molar-refractivity contribution is 0.504. The quantitative estimate of drug-likeness (QED) is 0.246. The van der Waals surface area contributed by atoms with Gasteiger partial charge in [-0.25, -0.2) is 4.98 Å². The van der Waals surface area contributed by atoms with Gasteiger partial charge in [0.1, 0.15) is 16.4 Å². The molecule has 172 valence electrons. The first-order chi connectivity index (χ1) is 17.8. The first-order valence-corrected chi connectivity index (χ1v) is 13.2. The minimum absolute atomic E-state index is 0.405. The normalized spacial score (nSPS) is 15.4. The molecule has 3 nitrogen and oxygen atoms in total. The minimum atomic E-state index is 0.405. The fourth-order valence-corrected chi connectivity index (χ4v) is 6.81. The topological polar surface area (TPSA) is 31.0 Å². The Labute approximate surface area is 211 Å². The van der Waals surface area contributed by atoms with Crippen molar-refractivity contribution >= 4 is 60.4 Å². The van der Waals surface area contributed by atoms with Gasteiger partial charge in [-0.05, 0) is 42.8 Å². The molecule has 36 heavy (non-hydrogen) atoms. The highest BCUT2D eigenvalue weighted by molar-refractivity contribution is 7.22. The van der Waals surface area contributed by atoms with E-state index in [0.29, 0.717) is 5.92 Å². The summed E-state index contributed by atoms with van der Waals surface area (Å²) in [6.45, 7) is 2.24. The Kier molecular flexibility index (Phi) is 4.14. The molecule has 7 aromatic rings. The number of furan rings is 1. The van der Waals surface area contributed by atoms with Crippen LogP contribution in [0.3, 0.4) is 0 Å². The third kappa shape index (κ3) is 2.76. The smallest absolute Gasteiger partial charge is 0.135 e. The van der Waals surface area contributed by atoms with Crippen LogP contribution >= 0.6 is 11.3 Å². The maximum Gasteiger partial charge on any atom is 0.135 e. The zero-order chi connectivity index (χ0) is 23.8. The lowest BCUT2D eigenvalue weighted by Gasteiger charge is -2.11. The van der Waals surface area contributed by atoms with E-state index >= 15 is 0 Å². The number of thiazole rings is 1. The van der Waals surface area contributed by atoms with Gasteiger partial charge in [-0.3, -0.25) is 0 Å². The maximum absolute atomic E-state index is 6.30. The Bertz CT molecular complexity index is 1990. The highest BCUT2D eigenvalue weighted by Crippen LogP contribution is 2.42. The van der Waals surface area contributed by atoms with Crippen LogP contribution in [0.2, 0.25) is 0 Å². The first kappa shape index (κ1) is 20.1. The fourth-order valence-electron chi connectivity index (χ4n) is 5.70. The molecule has 0 bridgehead atoms. The lowest BCUT2D eigenvalue weighted by atomic mass is 9.94. The average molecular weight is 483 g/mol. The predicted molar refractivity (Wildman–Crippen MR) is 151 cm³/mol. The summed E-state index contributed by atoms with van der Waals surface area (Å²) in [7, 11) is 0. The van der Waals surface area contributed by atoms with Crippen LogP contribution in [0.4, 0.5) is 0 Å². The number of hydrogen-bond acceptors (Lipinski definition) is 3. The van der Waals surface area contributed by atoms with Crippen LogP contribution in [0.15, 0.2) is 95.4 Å². The van der Waals surface area contributed by atoms with Crippen LogP contribution in [0.1, 0.15) is 30.6 Å². The van der Waals surface area contributed by atoms with Crippen molar-refractivity contribution in [3.05, 3.63) is 102 Å². The van der Waals surface area contributed by atoms with Crippen molar-refractivity contribution in [2.45, 2.75) is 19.3 Å². The predicted octanol–water partition coefficient (Wildman–Crippen LogP) is 9.33. The summed E-state index contributed by atoms with van der Waals surface area (Å²) in [5, 5.41) is 4.74. The Morgan fingerprint density at radius 2 is 1.75 bits per heavy atom. The second-order valence-corrected chi connectivity index (χ2v) is 10.6. The molecule has 0 fully saturated rings. The molecule has 4 aromatic carbocycles. The van der Waals surface area contributed by atoms with E-state index in [0.717, 1.165) is 39.5 Å². The number of para-hydroxylation sites is 1. The second-order valence-electron chi connectivity index (χ2n) is 9.65. The summed E-state index contributed by atoms with van der Waals surface area (Å²) >= 11 is 1.77. The second kappa shape index (κ2) is 7.42.